The van der Waals surface area contributed by atoms with Gasteiger partial charge in [0.15, 0.2) is 0 Å². The molecule has 1 aliphatic carbocycles. The van der Waals surface area contributed by atoms with Crippen LogP contribution in [0.2, 0.25) is 0 Å². The van der Waals surface area contributed by atoms with Crippen molar-refractivity contribution in [3.8, 4) is 0 Å². The van der Waals surface area contributed by atoms with Gasteiger partial charge in [0, 0.05) is 32.1 Å². The van der Waals surface area contributed by atoms with Crippen LogP contribution in [0, 0.1) is 16.7 Å². The second-order valence-corrected chi connectivity index (χ2v) is 7.08. The van der Waals surface area contributed by atoms with E-state index < -0.39 is 16.8 Å². The van der Waals surface area contributed by atoms with E-state index >= 15 is 0 Å². The molecular formula is C15H26N2O3. The van der Waals surface area contributed by atoms with Gasteiger partial charge in [-0.3, -0.25) is 9.59 Å². The van der Waals surface area contributed by atoms with Gasteiger partial charge in [-0.2, -0.15) is 0 Å². The molecule has 0 aromatic heterocycles. The summed E-state index contributed by atoms with van der Waals surface area (Å²) < 4.78 is 0. The van der Waals surface area contributed by atoms with Crippen molar-refractivity contribution in [3.05, 3.63) is 0 Å². The molecule has 2 aliphatic rings. The van der Waals surface area contributed by atoms with Crippen LogP contribution in [0.5, 0.6) is 0 Å². The fraction of sp³-hybridized carbons (Fsp3) is 0.867. The lowest BCUT2D eigenvalue weighted by atomic mass is 9.65. The maximum Gasteiger partial charge on any atom is 0.309 e. The molecule has 0 radical (unpaired) electrons. The first-order valence-electron chi connectivity index (χ1n) is 7.41. The molecule has 2 atom stereocenters. The molecule has 0 aromatic carbocycles. The largest absolute Gasteiger partial charge is 0.481 e. The minimum absolute atomic E-state index is 0.146. The summed E-state index contributed by atoms with van der Waals surface area (Å²) in [5, 5.41) is 9.52. The van der Waals surface area contributed by atoms with Gasteiger partial charge in [-0.15, -0.1) is 0 Å². The number of carbonyl (C=O) groups is 2. The van der Waals surface area contributed by atoms with Gasteiger partial charge in [0.25, 0.3) is 0 Å². The van der Waals surface area contributed by atoms with E-state index in [1.54, 1.807) is 6.92 Å². The highest BCUT2D eigenvalue weighted by molar-refractivity contribution is 5.84. The molecule has 2 rings (SSSR count). The Morgan fingerprint density at radius 3 is 2.10 bits per heavy atom. The third-order valence-electron chi connectivity index (χ3n) is 5.81. The van der Waals surface area contributed by atoms with Crippen LogP contribution < -0.4 is 0 Å². The summed E-state index contributed by atoms with van der Waals surface area (Å²) in [6, 6.07) is 0. The van der Waals surface area contributed by atoms with E-state index in [2.05, 4.69) is 11.9 Å². The van der Waals surface area contributed by atoms with Gasteiger partial charge in [-0.05, 0) is 32.2 Å². The van der Waals surface area contributed by atoms with E-state index in [1.165, 1.54) is 0 Å². The monoisotopic (exact) mass is 282 g/mol. The van der Waals surface area contributed by atoms with E-state index in [0.717, 1.165) is 26.2 Å². The highest BCUT2D eigenvalue weighted by atomic mass is 16.4. The van der Waals surface area contributed by atoms with Crippen LogP contribution >= 0.6 is 0 Å². The highest BCUT2D eigenvalue weighted by Gasteiger charge is 2.58. The van der Waals surface area contributed by atoms with Crippen LogP contribution in [0.3, 0.4) is 0 Å². The molecule has 1 N–H and O–H groups in total. The van der Waals surface area contributed by atoms with Gasteiger partial charge >= 0.3 is 5.97 Å². The first kappa shape index (κ1) is 15.3. The Labute approximate surface area is 120 Å². The fourth-order valence-corrected chi connectivity index (χ4v) is 3.56. The molecule has 0 bridgehead atoms. The van der Waals surface area contributed by atoms with Crippen LogP contribution in [0.4, 0.5) is 0 Å². The maximum atomic E-state index is 12.7. The molecule has 5 nitrogen and oxygen atoms in total. The first-order chi connectivity index (χ1) is 9.20. The molecule has 0 aromatic rings. The van der Waals surface area contributed by atoms with E-state index in [9.17, 15) is 14.7 Å². The van der Waals surface area contributed by atoms with E-state index in [1.807, 2.05) is 18.7 Å². The molecule has 0 spiro atoms. The normalized spacial score (nSPS) is 34.2. The zero-order chi connectivity index (χ0) is 15.1. The average molecular weight is 282 g/mol. The predicted octanol–water partition coefficient (Wildman–Crippen LogP) is 1.29. The number of hydrogen-bond acceptors (Lipinski definition) is 3. The van der Waals surface area contributed by atoms with Crippen molar-refractivity contribution in [3.63, 3.8) is 0 Å². The third-order valence-corrected chi connectivity index (χ3v) is 5.81. The summed E-state index contributed by atoms with van der Waals surface area (Å²) in [7, 11) is 2.06. The lowest BCUT2D eigenvalue weighted by molar-refractivity contribution is -0.156. The number of rotatable bonds is 2. The minimum Gasteiger partial charge on any atom is -0.481 e. The third kappa shape index (κ3) is 2.22. The summed E-state index contributed by atoms with van der Waals surface area (Å²) in [6.07, 6.45) is 1.26. The Kier molecular flexibility index (Phi) is 3.84. The molecule has 1 saturated heterocycles. The quantitative estimate of drug-likeness (QED) is 0.829. The number of carboxylic acid groups (broad SMARTS) is 1. The van der Waals surface area contributed by atoms with Crippen molar-refractivity contribution in [1.29, 1.82) is 0 Å². The summed E-state index contributed by atoms with van der Waals surface area (Å²) in [6.45, 7) is 8.97. The van der Waals surface area contributed by atoms with Crippen LogP contribution in [0.1, 0.15) is 33.6 Å². The Bertz CT molecular complexity index is 413. The minimum atomic E-state index is -0.806. The first-order valence-corrected chi connectivity index (χ1v) is 7.41. The van der Waals surface area contributed by atoms with E-state index in [0.29, 0.717) is 12.8 Å². The molecule has 1 aliphatic heterocycles. The highest BCUT2D eigenvalue weighted by Crippen LogP contribution is 2.56. The van der Waals surface area contributed by atoms with Gasteiger partial charge in [0.2, 0.25) is 5.91 Å². The van der Waals surface area contributed by atoms with Crippen molar-refractivity contribution in [1.82, 2.24) is 9.80 Å². The maximum absolute atomic E-state index is 12.7. The molecule has 114 valence electrons. The van der Waals surface area contributed by atoms with Crippen LogP contribution in [-0.4, -0.2) is 60.0 Å². The number of hydrogen-bond donors (Lipinski definition) is 1. The number of likely N-dealkylation sites (N-methyl/N-ethyl adjacent to an activating group) is 1. The van der Waals surface area contributed by atoms with E-state index in [-0.39, 0.29) is 11.8 Å². The number of amides is 1. The molecule has 1 heterocycles. The SMILES string of the molecule is CN1CCN(C(=O)[C@H]2CC[C@](C)(C(=O)O)C2(C)C)CC1. The molecule has 1 saturated carbocycles. The van der Waals surface area contributed by atoms with Crippen LogP contribution in [0.25, 0.3) is 0 Å². The standard InChI is InChI=1S/C15H26N2O3/c1-14(2)11(5-6-15(14,3)13(19)20)12(18)17-9-7-16(4)8-10-17/h11H,5-10H2,1-4H3,(H,19,20)/t11-,15-/m1/s1. The van der Waals surface area contributed by atoms with Crippen molar-refractivity contribution < 1.29 is 14.7 Å². The smallest absolute Gasteiger partial charge is 0.309 e. The summed E-state index contributed by atoms with van der Waals surface area (Å²) >= 11 is 0. The van der Waals surface area contributed by atoms with Gasteiger partial charge < -0.3 is 14.9 Å². The Hall–Kier alpha value is -1.10. The molecule has 0 unspecified atom stereocenters. The molecule has 2 fully saturated rings. The van der Waals surface area contributed by atoms with Crippen molar-refractivity contribution >= 4 is 11.9 Å². The number of carboxylic acids is 1. The van der Waals surface area contributed by atoms with Gasteiger partial charge in [-0.25, -0.2) is 0 Å². The second kappa shape index (κ2) is 5.02. The molecule has 1 amide bonds. The van der Waals surface area contributed by atoms with Crippen molar-refractivity contribution in [2.75, 3.05) is 33.2 Å². The number of nitrogens with zero attached hydrogens (tertiary/aromatic N) is 2. The number of aliphatic carboxylic acids is 1. The summed E-state index contributed by atoms with van der Waals surface area (Å²) in [5.41, 5.74) is -1.31. The fourth-order valence-electron chi connectivity index (χ4n) is 3.56. The van der Waals surface area contributed by atoms with Crippen LogP contribution in [0.15, 0.2) is 0 Å². The lowest BCUT2D eigenvalue weighted by Crippen LogP contribution is -2.52. The van der Waals surface area contributed by atoms with Gasteiger partial charge in [0.05, 0.1) is 5.41 Å². The molecule has 5 heteroatoms. The molecule has 20 heavy (non-hydrogen) atoms. The van der Waals surface area contributed by atoms with Crippen molar-refractivity contribution in [2.24, 2.45) is 16.7 Å². The van der Waals surface area contributed by atoms with Crippen LogP contribution in [-0.2, 0) is 9.59 Å². The van der Waals surface area contributed by atoms with Gasteiger partial charge in [0.1, 0.15) is 0 Å². The Morgan fingerprint density at radius 2 is 1.65 bits per heavy atom. The average Bonchev–Trinajstić information content (AvgIpc) is 2.62. The zero-order valence-corrected chi connectivity index (χ0v) is 13.0. The zero-order valence-electron chi connectivity index (χ0n) is 13.0. The molecular weight excluding hydrogens is 256 g/mol. The predicted molar refractivity (Wildman–Crippen MR) is 76.3 cm³/mol. The van der Waals surface area contributed by atoms with Gasteiger partial charge in [-0.1, -0.05) is 13.8 Å². The summed E-state index contributed by atoms with van der Waals surface area (Å²) in [5.74, 6) is -0.809. The number of piperazine rings is 1. The topological polar surface area (TPSA) is 60.9 Å². The second-order valence-electron chi connectivity index (χ2n) is 7.08. The lowest BCUT2D eigenvalue weighted by Gasteiger charge is -2.41. The Balaban J connectivity index is 2.14. The number of carbonyl (C=O) groups excluding carboxylic acids is 1. The van der Waals surface area contributed by atoms with E-state index in [4.69, 9.17) is 0 Å². The van der Waals surface area contributed by atoms with Crippen molar-refractivity contribution in [2.45, 2.75) is 33.6 Å². The summed E-state index contributed by atoms with van der Waals surface area (Å²) in [4.78, 5) is 28.5. The Morgan fingerprint density at radius 1 is 1.10 bits per heavy atom.